The number of rotatable bonds is 3. The Morgan fingerprint density at radius 1 is 1.45 bits per heavy atom. The number of benzene rings is 1. The van der Waals surface area contributed by atoms with Gasteiger partial charge in [0, 0.05) is 13.1 Å². The molecule has 1 aliphatic heterocycles. The summed E-state index contributed by atoms with van der Waals surface area (Å²) in [5.74, 6) is -0.693. The maximum absolute atomic E-state index is 11.4. The molecule has 6 heteroatoms. The molecular weight excluding hydrogens is 274 g/mol. The molecule has 1 aromatic heterocycles. The molecule has 106 valence electrons. The monoisotopic (exact) mass is 291 g/mol. The zero-order valence-electron chi connectivity index (χ0n) is 11.4. The third-order valence-electron chi connectivity index (χ3n) is 4.02. The van der Waals surface area contributed by atoms with Crippen LogP contribution in [0, 0.1) is 5.41 Å². The third kappa shape index (κ3) is 2.53. The van der Waals surface area contributed by atoms with Gasteiger partial charge in [-0.05, 0) is 44.0 Å². The van der Waals surface area contributed by atoms with Gasteiger partial charge in [-0.3, -0.25) is 9.69 Å². The first-order valence-corrected chi connectivity index (χ1v) is 7.47. The molecule has 2 heterocycles. The van der Waals surface area contributed by atoms with Gasteiger partial charge in [0.2, 0.25) is 0 Å². The van der Waals surface area contributed by atoms with E-state index in [1.807, 2.05) is 19.1 Å². The molecule has 3 rings (SSSR count). The second-order valence-corrected chi connectivity index (χ2v) is 6.30. The van der Waals surface area contributed by atoms with Crippen LogP contribution < -0.4 is 0 Å². The molecule has 0 radical (unpaired) electrons. The number of piperidine rings is 1. The van der Waals surface area contributed by atoms with Crippen LogP contribution in [-0.4, -0.2) is 37.8 Å². The van der Waals surface area contributed by atoms with Gasteiger partial charge in [0.15, 0.2) is 0 Å². The van der Waals surface area contributed by atoms with Gasteiger partial charge < -0.3 is 5.11 Å². The minimum Gasteiger partial charge on any atom is -0.481 e. The van der Waals surface area contributed by atoms with Crippen molar-refractivity contribution in [1.29, 1.82) is 0 Å². The minimum atomic E-state index is -0.693. The minimum absolute atomic E-state index is 0.607. The summed E-state index contributed by atoms with van der Waals surface area (Å²) in [5.41, 5.74) is 2.39. The van der Waals surface area contributed by atoms with Gasteiger partial charge in [0.05, 0.1) is 17.1 Å². The number of aliphatic carboxylic acids is 1. The topological polar surface area (TPSA) is 66.3 Å². The first-order valence-electron chi connectivity index (χ1n) is 6.74. The Balaban J connectivity index is 1.75. The van der Waals surface area contributed by atoms with Gasteiger partial charge in [-0.15, -0.1) is 0 Å². The highest BCUT2D eigenvalue weighted by atomic mass is 32.1. The lowest BCUT2D eigenvalue weighted by Crippen LogP contribution is -2.45. The normalized spacial score (nSPS) is 24.1. The highest BCUT2D eigenvalue weighted by Gasteiger charge is 2.37. The van der Waals surface area contributed by atoms with Gasteiger partial charge in [-0.2, -0.15) is 8.75 Å². The standard InChI is InChI=1S/C14H17N3O2S/c1-14(13(18)19)5-2-6-17(9-14)8-10-3-4-11-12(7-10)16-20-15-11/h3-4,7H,2,5-6,8-9H2,1H3,(H,18,19)/t14-/m0/s1. The molecule has 1 N–H and O–H groups in total. The van der Waals surface area contributed by atoms with E-state index in [1.165, 1.54) is 17.3 Å². The summed E-state index contributed by atoms with van der Waals surface area (Å²) in [5, 5.41) is 9.35. The van der Waals surface area contributed by atoms with Crippen LogP contribution in [-0.2, 0) is 11.3 Å². The van der Waals surface area contributed by atoms with Crippen molar-refractivity contribution in [2.45, 2.75) is 26.3 Å². The predicted octanol–water partition coefficient (Wildman–Crippen LogP) is 2.38. The summed E-state index contributed by atoms with van der Waals surface area (Å²) in [6.45, 7) is 4.18. The Hall–Kier alpha value is -1.53. The molecule has 5 nitrogen and oxygen atoms in total. The first-order chi connectivity index (χ1) is 9.57. The maximum atomic E-state index is 11.4. The highest BCUT2D eigenvalue weighted by Crippen LogP contribution is 2.30. The molecule has 0 aliphatic carbocycles. The summed E-state index contributed by atoms with van der Waals surface area (Å²) in [4.78, 5) is 13.6. The van der Waals surface area contributed by atoms with Crippen LogP contribution in [0.2, 0.25) is 0 Å². The molecular formula is C14H17N3O2S. The Bertz CT molecular complexity index is 642. The fraction of sp³-hybridized carbons (Fsp3) is 0.500. The molecule has 1 saturated heterocycles. The van der Waals surface area contributed by atoms with Crippen molar-refractivity contribution in [2.75, 3.05) is 13.1 Å². The molecule has 0 unspecified atom stereocenters. The Labute approximate surface area is 121 Å². The molecule has 1 aliphatic rings. The number of likely N-dealkylation sites (tertiary alicyclic amines) is 1. The van der Waals surface area contributed by atoms with E-state index in [2.05, 4.69) is 19.7 Å². The number of hydrogen-bond donors (Lipinski definition) is 1. The lowest BCUT2D eigenvalue weighted by molar-refractivity contribution is -0.151. The second kappa shape index (κ2) is 5.10. The highest BCUT2D eigenvalue weighted by molar-refractivity contribution is 7.00. The number of hydrogen-bond acceptors (Lipinski definition) is 5. The summed E-state index contributed by atoms with van der Waals surface area (Å²) in [6.07, 6.45) is 1.69. The summed E-state index contributed by atoms with van der Waals surface area (Å²) in [7, 11) is 0. The van der Waals surface area contributed by atoms with Gasteiger partial charge in [-0.25, -0.2) is 0 Å². The molecule has 0 bridgehead atoms. The van der Waals surface area contributed by atoms with E-state index in [1.54, 1.807) is 0 Å². The van der Waals surface area contributed by atoms with Crippen LogP contribution >= 0.6 is 11.7 Å². The number of aromatic nitrogens is 2. The van der Waals surface area contributed by atoms with Gasteiger partial charge in [0.1, 0.15) is 11.0 Å². The zero-order chi connectivity index (χ0) is 14.2. The lowest BCUT2D eigenvalue weighted by atomic mass is 9.82. The second-order valence-electron chi connectivity index (χ2n) is 5.77. The Morgan fingerprint density at radius 3 is 3.05 bits per heavy atom. The molecule has 1 fully saturated rings. The number of nitrogens with zero attached hydrogens (tertiary/aromatic N) is 3. The predicted molar refractivity (Wildman–Crippen MR) is 77.7 cm³/mol. The average molecular weight is 291 g/mol. The quantitative estimate of drug-likeness (QED) is 0.940. The van der Waals surface area contributed by atoms with Crippen molar-refractivity contribution < 1.29 is 9.90 Å². The molecule has 1 atom stereocenters. The average Bonchev–Trinajstić information content (AvgIpc) is 2.86. The van der Waals surface area contributed by atoms with Crippen molar-refractivity contribution in [1.82, 2.24) is 13.6 Å². The SMILES string of the molecule is C[C@]1(C(=O)O)CCCN(Cc2ccc3nsnc3c2)C1. The summed E-state index contributed by atoms with van der Waals surface area (Å²) >= 11 is 1.22. The fourth-order valence-corrected chi connectivity index (χ4v) is 3.36. The van der Waals surface area contributed by atoms with Crippen LogP contribution in [0.15, 0.2) is 18.2 Å². The van der Waals surface area contributed by atoms with E-state index < -0.39 is 11.4 Å². The molecule has 2 aromatic rings. The van der Waals surface area contributed by atoms with Gasteiger partial charge in [-0.1, -0.05) is 6.07 Å². The van der Waals surface area contributed by atoms with E-state index in [-0.39, 0.29) is 0 Å². The summed E-state index contributed by atoms with van der Waals surface area (Å²) in [6, 6.07) is 6.08. The van der Waals surface area contributed by atoms with Crippen molar-refractivity contribution in [3.8, 4) is 0 Å². The van der Waals surface area contributed by atoms with E-state index in [0.717, 1.165) is 37.0 Å². The van der Waals surface area contributed by atoms with Crippen LogP contribution in [0.5, 0.6) is 0 Å². The molecule has 20 heavy (non-hydrogen) atoms. The Morgan fingerprint density at radius 2 is 2.25 bits per heavy atom. The number of carboxylic acids is 1. The lowest BCUT2D eigenvalue weighted by Gasteiger charge is -2.37. The van der Waals surface area contributed by atoms with Gasteiger partial charge in [0.25, 0.3) is 0 Å². The van der Waals surface area contributed by atoms with Crippen LogP contribution in [0.4, 0.5) is 0 Å². The fourth-order valence-electron chi connectivity index (χ4n) is 2.84. The Kier molecular flexibility index (Phi) is 3.43. The third-order valence-corrected chi connectivity index (χ3v) is 4.57. The number of carboxylic acid groups (broad SMARTS) is 1. The van der Waals surface area contributed by atoms with Crippen LogP contribution in [0.3, 0.4) is 0 Å². The zero-order valence-corrected chi connectivity index (χ0v) is 12.2. The van der Waals surface area contributed by atoms with Crippen molar-refractivity contribution in [3.05, 3.63) is 23.8 Å². The first kappa shape index (κ1) is 13.5. The largest absolute Gasteiger partial charge is 0.481 e. The van der Waals surface area contributed by atoms with E-state index in [9.17, 15) is 9.90 Å². The van der Waals surface area contributed by atoms with E-state index >= 15 is 0 Å². The van der Waals surface area contributed by atoms with Crippen LogP contribution in [0.25, 0.3) is 11.0 Å². The van der Waals surface area contributed by atoms with Gasteiger partial charge >= 0.3 is 5.97 Å². The molecule has 0 amide bonds. The van der Waals surface area contributed by atoms with Crippen LogP contribution in [0.1, 0.15) is 25.3 Å². The number of fused-ring (bicyclic) bond motifs is 1. The van der Waals surface area contributed by atoms with E-state index in [0.29, 0.717) is 6.54 Å². The molecule has 0 spiro atoms. The van der Waals surface area contributed by atoms with E-state index in [4.69, 9.17) is 0 Å². The summed E-state index contributed by atoms with van der Waals surface area (Å²) < 4.78 is 8.44. The molecule has 0 saturated carbocycles. The van der Waals surface area contributed by atoms with Crippen molar-refractivity contribution in [3.63, 3.8) is 0 Å². The smallest absolute Gasteiger partial charge is 0.310 e. The number of carbonyl (C=O) groups is 1. The maximum Gasteiger partial charge on any atom is 0.310 e. The van der Waals surface area contributed by atoms with Crippen molar-refractivity contribution >= 4 is 28.7 Å². The molecule has 1 aromatic carbocycles. The van der Waals surface area contributed by atoms with Crippen molar-refractivity contribution in [2.24, 2.45) is 5.41 Å².